The van der Waals surface area contributed by atoms with Gasteiger partial charge >= 0.3 is 19.1 Å². The van der Waals surface area contributed by atoms with Crippen LogP contribution < -0.4 is 10.4 Å². The first-order chi connectivity index (χ1) is 11.0. The van der Waals surface area contributed by atoms with Gasteiger partial charge in [-0.2, -0.15) is 0 Å². The zero-order chi connectivity index (χ0) is 16.6. The molecule has 9 heteroatoms. The van der Waals surface area contributed by atoms with Crippen LogP contribution in [0.5, 0.6) is 5.75 Å². The minimum absolute atomic E-state index is 0.000692. The number of carbonyl (C=O) groups is 2. The molecule has 0 amide bonds. The highest BCUT2D eigenvalue weighted by Crippen LogP contribution is 2.30. The van der Waals surface area contributed by atoms with Crippen LogP contribution in [-0.4, -0.2) is 51.2 Å². The van der Waals surface area contributed by atoms with Crippen LogP contribution in [0.15, 0.2) is 27.1 Å². The van der Waals surface area contributed by atoms with Gasteiger partial charge in [-0.05, 0) is 25.2 Å². The molecule has 1 saturated heterocycles. The number of methoxy groups -OCH3 is 1. The number of ether oxygens (including phenoxy) is 1. The Balaban J connectivity index is 1.98. The molecule has 7 nitrogen and oxygen atoms in total. The van der Waals surface area contributed by atoms with E-state index in [9.17, 15) is 9.59 Å². The number of likely N-dealkylation sites (N-methyl/N-ethyl adjacent to an activating group) is 1. The van der Waals surface area contributed by atoms with Crippen molar-refractivity contribution in [3.05, 3.63) is 22.7 Å². The first kappa shape index (κ1) is 15.9. The van der Waals surface area contributed by atoms with E-state index >= 15 is 0 Å². The third kappa shape index (κ3) is 3.35. The topological polar surface area (TPSA) is 78.2 Å². The average molecular weight is 382 g/mol. The maximum atomic E-state index is 11.8. The van der Waals surface area contributed by atoms with E-state index in [1.807, 2.05) is 6.07 Å². The van der Waals surface area contributed by atoms with Crippen molar-refractivity contribution in [3.63, 3.8) is 0 Å². The van der Waals surface area contributed by atoms with Gasteiger partial charge in [0.15, 0.2) is 17.0 Å². The molecule has 1 aliphatic rings. The van der Waals surface area contributed by atoms with Crippen LogP contribution in [0.2, 0.25) is 0 Å². The summed E-state index contributed by atoms with van der Waals surface area (Å²) < 4.78 is 22.1. The van der Waals surface area contributed by atoms with Gasteiger partial charge in [-0.25, -0.2) is 0 Å². The molecule has 0 unspecified atom stereocenters. The number of carbonyl (C=O) groups excluding carboxylic acids is 2. The fraction of sp³-hybridized carbons (Fsp3) is 0.286. The van der Waals surface area contributed by atoms with Gasteiger partial charge in [0.05, 0.1) is 20.2 Å². The van der Waals surface area contributed by atoms with E-state index in [1.165, 1.54) is 12.0 Å². The van der Waals surface area contributed by atoms with E-state index in [4.69, 9.17) is 18.5 Å². The lowest BCUT2D eigenvalue weighted by atomic mass is 9.85. The molecule has 0 saturated carbocycles. The first-order valence-corrected chi connectivity index (χ1v) is 7.60. The Kier molecular flexibility index (Phi) is 4.32. The van der Waals surface area contributed by atoms with E-state index in [2.05, 4.69) is 15.9 Å². The van der Waals surface area contributed by atoms with Crippen molar-refractivity contribution in [2.75, 3.05) is 27.2 Å². The Morgan fingerprint density at radius 1 is 1.17 bits per heavy atom. The quantitative estimate of drug-likeness (QED) is 0.716. The summed E-state index contributed by atoms with van der Waals surface area (Å²) in [5.74, 6) is -0.485. The van der Waals surface area contributed by atoms with Crippen LogP contribution in [0.1, 0.15) is 0 Å². The van der Waals surface area contributed by atoms with Gasteiger partial charge in [-0.1, -0.05) is 15.9 Å². The van der Waals surface area contributed by atoms with Crippen LogP contribution in [0.3, 0.4) is 0 Å². The fourth-order valence-electron chi connectivity index (χ4n) is 2.32. The minimum Gasteiger partial charge on any atom is -0.493 e. The van der Waals surface area contributed by atoms with Crippen molar-refractivity contribution in [1.29, 1.82) is 0 Å². The van der Waals surface area contributed by atoms with Crippen LogP contribution in [0.4, 0.5) is 0 Å². The predicted molar refractivity (Wildman–Crippen MR) is 85.5 cm³/mol. The molecule has 0 bridgehead atoms. The van der Waals surface area contributed by atoms with Gasteiger partial charge in [-0.3, -0.25) is 14.5 Å². The van der Waals surface area contributed by atoms with E-state index in [0.717, 1.165) is 9.86 Å². The Bertz CT molecular complexity index is 756. The molecule has 1 aromatic carbocycles. The van der Waals surface area contributed by atoms with Crippen LogP contribution in [0, 0.1) is 0 Å². The van der Waals surface area contributed by atoms with Crippen LogP contribution >= 0.6 is 15.9 Å². The Morgan fingerprint density at radius 3 is 2.43 bits per heavy atom. The molecule has 0 N–H and O–H groups in total. The van der Waals surface area contributed by atoms with Gasteiger partial charge in [0.2, 0.25) is 0 Å². The molecule has 2 aromatic rings. The summed E-state index contributed by atoms with van der Waals surface area (Å²) in [6.45, 7) is 0.00138. The molecule has 0 atom stereocenters. The van der Waals surface area contributed by atoms with E-state index in [-0.39, 0.29) is 18.7 Å². The van der Waals surface area contributed by atoms with Crippen LogP contribution in [-0.2, 0) is 18.9 Å². The van der Waals surface area contributed by atoms with Crippen molar-refractivity contribution in [3.8, 4) is 5.75 Å². The number of furan rings is 1. The fourth-order valence-corrected chi connectivity index (χ4v) is 2.78. The predicted octanol–water partition coefficient (Wildman–Crippen LogP) is 0.931. The van der Waals surface area contributed by atoms with Crippen molar-refractivity contribution in [2.24, 2.45) is 0 Å². The molecule has 0 radical (unpaired) electrons. The Labute approximate surface area is 140 Å². The monoisotopic (exact) mass is 381 g/mol. The molecule has 1 aliphatic heterocycles. The number of rotatable bonds is 2. The maximum absolute atomic E-state index is 11.8. The number of hydrogen-bond acceptors (Lipinski definition) is 7. The van der Waals surface area contributed by atoms with Gasteiger partial charge in [0.1, 0.15) is 0 Å². The lowest BCUT2D eigenvalue weighted by molar-refractivity contribution is -0.145. The molecular formula is C14H13BBrNO6. The Morgan fingerprint density at radius 2 is 1.83 bits per heavy atom. The summed E-state index contributed by atoms with van der Waals surface area (Å²) in [4.78, 5) is 25.1. The zero-order valence-corrected chi connectivity index (χ0v) is 14.1. The van der Waals surface area contributed by atoms with Crippen molar-refractivity contribution in [2.45, 2.75) is 0 Å². The molecule has 1 fully saturated rings. The highest BCUT2D eigenvalue weighted by atomic mass is 79.9. The van der Waals surface area contributed by atoms with E-state index < -0.39 is 19.1 Å². The van der Waals surface area contributed by atoms with E-state index in [0.29, 0.717) is 11.3 Å². The number of fused-ring (bicyclic) bond motifs is 1. The molecule has 23 heavy (non-hydrogen) atoms. The molecular weight excluding hydrogens is 369 g/mol. The second kappa shape index (κ2) is 6.25. The largest absolute Gasteiger partial charge is 0.674 e. The maximum Gasteiger partial charge on any atom is 0.674 e. The summed E-state index contributed by atoms with van der Waals surface area (Å²) in [7, 11) is 1.95. The number of halogens is 1. The minimum atomic E-state index is -1.21. The highest BCUT2D eigenvalue weighted by Gasteiger charge is 2.37. The summed E-state index contributed by atoms with van der Waals surface area (Å²) in [6.07, 6.45) is 0. The summed E-state index contributed by atoms with van der Waals surface area (Å²) in [6, 6.07) is 5.23. The van der Waals surface area contributed by atoms with Crippen molar-refractivity contribution < 1.29 is 28.1 Å². The number of hydrogen-bond donors (Lipinski definition) is 0. The highest BCUT2D eigenvalue weighted by molar-refractivity contribution is 9.10. The smallest absolute Gasteiger partial charge is 0.493 e. The second-order valence-electron chi connectivity index (χ2n) is 5.16. The standard InChI is InChI=1S/C14H13BBrNO6/c1-17-6-12(18)22-15(23-13(19)7-17)11-4-8-3-9(16)5-10(20-2)14(8)21-11/h3-5H,6-7H2,1-2H3. The van der Waals surface area contributed by atoms with Gasteiger partial charge in [0, 0.05) is 9.86 Å². The molecule has 0 spiro atoms. The first-order valence-electron chi connectivity index (χ1n) is 6.81. The van der Waals surface area contributed by atoms with Gasteiger partial charge in [0.25, 0.3) is 0 Å². The van der Waals surface area contributed by atoms with Crippen molar-refractivity contribution >= 4 is 51.6 Å². The molecule has 2 heterocycles. The lowest BCUT2D eigenvalue weighted by Crippen LogP contribution is -2.47. The van der Waals surface area contributed by atoms with Crippen LogP contribution in [0.25, 0.3) is 11.0 Å². The second-order valence-corrected chi connectivity index (χ2v) is 6.07. The van der Waals surface area contributed by atoms with Crippen molar-refractivity contribution in [1.82, 2.24) is 4.90 Å². The summed E-state index contributed by atoms with van der Waals surface area (Å²) in [5, 5.41) is 0.734. The molecule has 120 valence electrons. The van der Waals surface area contributed by atoms with Gasteiger partial charge in [-0.15, -0.1) is 0 Å². The normalized spacial score (nSPS) is 16.7. The lowest BCUT2D eigenvalue weighted by Gasteiger charge is -2.21. The van der Waals surface area contributed by atoms with Gasteiger partial charge < -0.3 is 18.5 Å². The third-order valence-electron chi connectivity index (χ3n) is 3.29. The summed E-state index contributed by atoms with van der Waals surface area (Å²) in [5.41, 5.74) is 0.708. The number of nitrogens with zero attached hydrogens (tertiary/aromatic N) is 1. The Hall–Kier alpha value is -2.00. The average Bonchev–Trinajstić information content (AvgIpc) is 2.87. The zero-order valence-electron chi connectivity index (χ0n) is 12.5. The molecule has 3 rings (SSSR count). The summed E-state index contributed by atoms with van der Waals surface area (Å²) >= 11 is 3.38. The molecule has 1 aromatic heterocycles. The third-order valence-corrected chi connectivity index (χ3v) is 3.75. The number of benzene rings is 1. The van der Waals surface area contributed by atoms with E-state index in [1.54, 1.807) is 19.2 Å². The SMILES string of the molecule is COc1cc(Br)cc2cc(B3OC(=O)CN(C)CC(=O)O3)oc12. The molecule has 0 aliphatic carbocycles.